The van der Waals surface area contributed by atoms with Crippen LogP contribution in [0.3, 0.4) is 0 Å². The van der Waals surface area contributed by atoms with E-state index in [9.17, 15) is 28.7 Å². The molecule has 0 fully saturated rings. The molecule has 11 heteroatoms. The standard InChI is InChI=1S/C33H27ClFN3O5S/c1-19-14-15-22(33(42)43)16-28(19)37-30(39)20(2)44-24-11-6-10-23(17-24)36-32(41)29(18-25-26(34)12-7-13-27(25)35)38-31(40)21-8-4-3-5-9-21/h3-18,20H,1-2H3,(H,36,41)(H,37,39)(H,38,40)(H,42,43)/b29-18+. The van der Waals surface area contributed by atoms with Crippen molar-refractivity contribution in [1.29, 1.82) is 0 Å². The number of hydrogen-bond donors (Lipinski definition) is 4. The first kappa shape index (κ1) is 32.0. The molecule has 3 amide bonds. The molecule has 44 heavy (non-hydrogen) atoms. The summed E-state index contributed by atoms with van der Waals surface area (Å²) in [4.78, 5) is 51.2. The van der Waals surface area contributed by atoms with E-state index in [1.54, 1.807) is 74.5 Å². The minimum absolute atomic E-state index is 0.0554. The molecule has 0 spiro atoms. The first-order valence-electron chi connectivity index (χ1n) is 13.3. The van der Waals surface area contributed by atoms with E-state index in [0.717, 1.165) is 0 Å². The molecule has 0 aromatic heterocycles. The van der Waals surface area contributed by atoms with Gasteiger partial charge in [0.05, 0.1) is 15.8 Å². The number of benzene rings is 4. The van der Waals surface area contributed by atoms with Crippen molar-refractivity contribution in [2.45, 2.75) is 24.0 Å². The Morgan fingerprint density at radius 3 is 2.32 bits per heavy atom. The van der Waals surface area contributed by atoms with Crippen molar-refractivity contribution in [3.63, 3.8) is 0 Å². The Bertz CT molecular complexity index is 1740. The third-order valence-electron chi connectivity index (χ3n) is 6.33. The molecule has 8 nitrogen and oxygen atoms in total. The van der Waals surface area contributed by atoms with Crippen molar-refractivity contribution < 1.29 is 28.7 Å². The summed E-state index contributed by atoms with van der Waals surface area (Å²) in [6, 6.07) is 23.5. The van der Waals surface area contributed by atoms with Crippen molar-refractivity contribution in [3.05, 3.63) is 130 Å². The Morgan fingerprint density at radius 1 is 0.886 bits per heavy atom. The molecule has 4 N–H and O–H groups in total. The maximum Gasteiger partial charge on any atom is 0.335 e. The zero-order valence-electron chi connectivity index (χ0n) is 23.6. The van der Waals surface area contributed by atoms with Gasteiger partial charge in [0.1, 0.15) is 11.5 Å². The van der Waals surface area contributed by atoms with Crippen LogP contribution in [0.15, 0.2) is 102 Å². The van der Waals surface area contributed by atoms with E-state index in [1.165, 1.54) is 48.2 Å². The number of anilines is 2. The van der Waals surface area contributed by atoms with Gasteiger partial charge in [-0.1, -0.05) is 48.0 Å². The topological polar surface area (TPSA) is 125 Å². The lowest BCUT2D eigenvalue weighted by molar-refractivity contribution is -0.115. The molecule has 0 radical (unpaired) electrons. The van der Waals surface area contributed by atoms with E-state index in [1.807, 2.05) is 0 Å². The van der Waals surface area contributed by atoms with Gasteiger partial charge in [0.2, 0.25) is 5.91 Å². The lowest BCUT2D eigenvalue weighted by atomic mass is 10.1. The van der Waals surface area contributed by atoms with Crippen molar-refractivity contribution in [1.82, 2.24) is 5.32 Å². The molecule has 0 bridgehead atoms. The second kappa shape index (κ2) is 14.5. The van der Waals surface area contributed by atoms with Crippen molar-refractivity contribution >= 4 is 64.5 Å². The number of thioether (sulfide) groups is 1. The zero-order valence-corrected chi connectivity index (χ0v) is 25.1. The number of nitrogens with one attached hydrogen (secondary N) is 3. The highest BCUT2D eigenvalue weighted by molar-refractivity contribution is 8.00. The van der Waals surface area contributed by atoms with Gasteiger partial charge < -0.3 is 21.1 Å². The van der Waals surface area contributed by atoms with E-state index in [4.69, 9.17) is 11.6 Å². The summed E-state index contributed by atoms with van der Waals surface area (Å²) in [7, 11) is 0. The Balaban J connectivity index is 1.51. The summed E-state index contributed by atoms with van der Waals surface area (Å²) in [5, 5.41) is 16.8. The van der Waals surface area contributed by atoms with Crippen LogP contribution in [-0.2, 0) is 9.59 Å². The van der Waals surface area contributed by atoms with Gasteiger partial charge in [-0.05, 0) is 80.1 Å². The summed E-state index contributed by atoms with van der Waals surface area (Å²) < 4.78 is 14.6. The second-order valence-electron chi connectivity index (χ2n) is 9.58. The van der Waals surface area contributed by atoms with Crippen LogP contribution in [-0.4, -0.2) is 34.0 Å². The van der Waals surface area contributed by atoms with Gasteiger partial charge >= 0.3 is 5.97 Å². The van der Waals surface area contributed by atoms with E-state index in [0.29, 0.717) is 27.4 Å². The van der Waals surface area contributed by atoms with Gasteiger partial charge in [-0.15, -0.1) is 11.8 Å². The molecule has 0 aliphatic heterocycles. The first-order chi connectivity index (χ1) is 21.0. The Hall–Kier alpha value is -4.93. The van der Waals surface area contributed by atoms with Crippen LogP contribution in [0, 0.1) is 12.7 Å². The minimum Gasteiger partial charge on any atom is -0.478 e. The van der Waals surface area contributed by atoms with Crippen LogP contribution in [0.1, 0.15) is 38.8 Å². The lowest BCUT2D eigenvalue weighted by Gasteiger charge is -2.15. The number of hydrogen-bond acceptors (Lipinski definition) is 5. The molecule has 4 rings (SSSR count). The zero-order chi connectivity index (χ0) is 31.8. The average Bonchev–Trinajstić information content (AvgIpc) is 2.99. The van der Waals surface area contributed by atoms with Crippen LogP contribution in [0.2, 0.25) is 5.02 Å². The Labute approximate surface area is 262 Å². The number of halogens is 2. The van der Waals surface area contributed by atoms with Gasteiger partial charge in [-0.25, -0.2) is 9.18 Å². The molecular weight excluding hydrogens is 605 g/mol. The highest BCUT2D eigenvalue weighted by Crippen LogP contribution is 2.28. The Morgan fingerprint density at radius 2 is 1.61 bits per heavy atom. The van der Waals surface area contributed by atoms with Gasteiger partial charge in [0.15, 0.2) is 0 Å². The number of aryl methyl sites for hydroxylation is 1. The molecule has 4 aromatic rings. The van der Waals surface area contributed by atoms with E-state index in [-0.39, 0.29) is 27.8 Å². The van der Waals surface area contributed by atoms with Crippen LogP contribution >= 0.6 is 23.4 Å². The Kier molecular flexibility index (Phi) is 10.5. The van der Waals surface area contributed by atoms with Crippen molar-refractivity contribution in [3.8, 4) is 0 Å². The number of carboxylic acid groups (broad SMARTS) is 1. The molecule has 0 saturated carbocycles. The number of carbonyl (C=O) groups excluding carboxylic acids is 3. The van der Waals surface area contributed by atoms with Crippen LogP contribution in [0.5, 0.6) is 0 Å². The number of rotatable bonds is 10. The molecule has 0 saturated heterocycles. The predicted molar refractivity (Wildman–Crippen MR) is 170 cm³/mol. The number of carbonyl (C=O) groups is 4. The normalized spacial score (nSPS) is 11.8. The number of aromatic carboxylic acids is 1. The molecule has 0 aliphatic rings. The summed E-state index contributed by atoms with van der Waals surface area (Å²) in [6.45, 7) is 3.45. The summed E-state index contributed by atoms with van der Waals surface area (Å²) in [5.41, 5.74) is 1.51. The fourth-order valence-corrected chi connectivity index (χ4v) is 5.11. The van der Waals surface area contributed by atoms with E-state index < -0.39 is 28.9 Å². The van der Waals surface area contributed by atoms with Gasteiger partial charge in [0, 0.05) is 27.4 Å². The first-order valence-corrected chi connectivity index (χ1v) is 14.5. The molecule has 4 aromatic carbocycles. The molecule has 1 unspecified atom stereocenters. The third-order valence-corrected chi connectivity index (χ3v) is 7.76. The average molecular weight is 632 g/mol. The fourth-order valence-electron chi connectivity index (χ4n) is 3.96. The minimum atomic E-state index is -1.10. The molecular formula is C33H27ClFN3O5S. The van der Waals surface area contributed by atoms with Crippen molar-refractivity contribution in [2.24, 2.45) is 0 Å². The quantitative estimate of drug-likeness (QED) is 0.110. The summed E-state index contributed by atoms with van der Waals surface area (Å²) >= 11 is 7.40. The highest BCUT2D eigenvalue weighted by Gasteiger charge is 2.19. The number of carboxylic acids is 1. The summed E-state index contributed by atoms with van der Waals surface area (Å²) in [5.74, 6) is -3.42. The fraction of sp³-hybridized carbons (Fsp3) is 0.0909. The van der Waals surface area contributed by atoms with Gasteiger partial charge in [-0.2, -0.15) is 0 Å². The maximum atomic E-state index is 14.6. The molecule has 224 valence electrons. The SMILES string of the molecule is Cc1ccc(C(=O)O)cc1NC(=O)C(C)Sc1cccc(NC(=O)/C(=C\c2c(F)cccc2Cl)NC(=O)c2ccccc2)c1. The van der Waals surface area contributed by atoms with Gasteiger partial charge in [0.25, 0.3) is 11.8 Å². The molecule has 1 atom stereocenters. The van der Waals surface area contributed by atoms with E-state index in [2.05, 4.69) is 16.0 Å². The third kappa shape index (κ3) is 8.33. The second-order valence-corrected chi connectivity index (χ2v) is 11.4. The smallest absolute Gasteiger partial charge is 0.335 e. The largest absolute Gasteiger partial charge is 0.478 e. The van der Waals surface area contributed by atoms with Crippen LogP contribution < -0.4 is 16.0 Å². The van der Waals surface area contributed by atoms with Crippen LogP contribution in [0.4, 0.5) is 15.8 Å². The van der Waals surface area contributed by atoms with Crippen LogP contribution in [0.25, 0.3) is 6.08 Å². The number of amides is 3. The molecule has 0 aliphatic carbocycles. The predicted octanol–water partition coefficient (Wildman–Crippen LogP) is 7.01. The van der Waals surface area contributed by atoms with Gasteiger partial charge in [-0.3, -0.25) is 14.4 Å². The summed E-state index contributed by atoms with van der Waals surface area (Å²) in [6.07, 6.45) is 1.17. The monoisotopic (exact) mass is 631 g/mol. The molecule has 0 heterocycles. The lowest BCUT2D eigenvalue weighted by Crippen LogP contribution is -2.30. The van der Waals surface area contributed by atoms with Crippen molar-refractivity contribution in [2.75, 3.05) is 10.6 Å². The highest BCUT2D eigenvalue weighted by atomic mass is 35.5. The maximum absolute atomic E-state index is 14.6. The van der Waals surface area contributed by atoms with E-state index >= 15 is 0 Å².